The molecule has 0 bridgehead atoms. The molecule has 0 saturated carbocycles. The van der Waals surface area contributed by atoms with E-state index in [1.54, 1.807) is 12.5 Å². The zero-order valence-electron chi connectivity index (χ0n) is 18.2. The van der Waals surface area contributed by atoms with E-state index in [4.69, 9.17) is 9.97 Å². The van der Waals surface area contributed by atoms with E-state index in [1.807, 2.05) is 29.7 Å². The van der Waals surface area contributed by atoms with Gasteiger partial charge in [0.2, 0.25) is 0 Å². The van der Waals surface area contributed by atoms with Gasteiger partial charge in [-0.2, -0.15) is 0 Å². The van der Waals surface area contributed by atoms with E-state index < -0.39 is 0 Å². The highest BCUT2D eigenvalue weighted by molar-refractivity contribution is 5.83. The summed E-state index contributed by atoms with van der Waals surface area (Å²) in [6.45, 7) is 6.86. The Bertz CT molecular complexity index is 1130. The van der Waals surface area contributed by atoms with Crippen molar-refractivity contribution in [2.45, 2.75) is 45.7 Å². The number of aromatic nitrogens is 5. The van der Waals surface area contributed by atoms with Crippen LogP contribution in [0.2, 0.25) is 0 Å². The number of aliphatic hydroxyl groups is 1. The van der Waals surface area contributed by atoms with Gasteiger partial charge in [-0.15, -0.1) is 0 Å². The van der Waals surface area contributed by atoms with Gasteiger partial charge in [-0.25, -0.2) is 15.0 Å². The van der Waals surface area contributed by atoms with Crippen LogP contribution in [-0.2, 0) is 6.54 Å². The second-order valence-electron chi connectivity index (χ2n) is 7.90. The number of hydrogen-bond donors (Lipinski definition) is 2. The molecule has 0 fully saturated rings. The highest BCUT2D eigenvalue weighted by atomic mass is 16.3. The lowest BCUT2D eigenvalue weighted by atomic mass is 10.1. The third kappa shape index (κ3) is 4.41. The summed E-state index contributed by atoms with van der Waals surface area (Å²) in [7, 11) is 0. The molecule has 0 saturated heterocycles. The molecule has 2 N–H and O–H groups in total. The standard InChI is InChI=1S/C24H28N6O/c1-4-18(14-31)22-28-23(21-24(29-22)30(15-27-21)16(2)3)26-13-17-8-10-19(11-9-17)20-7-5-6-12-25-20/h5-12,15-16,18,31H,4,13-14H2,1-3H3,(H,26,28,29). The molecule has 3 aromatic heterocycles. The molecule has 1 aromatic carbocycles. The lowest BCUT2D eigenvalue weighted by molar-refractivity contribution is 0.258. The zero-order valence-corrected chi connectivity index (χ0v) is 18.2. The molecule has 4 rings (SSSR count). The largest absolute Gasteiger partial charge is 0.396 e. The number of hydrogen-bond acceptors (Lipinski definition) is 6. The van der Waals surface area contributed by atoms with E-state index in [0.717, 1.165) is 34.4 Å². The summed E-state index contributed by atoms with van der Waals surface area (Å²) in [6, 6.07) is 14.5. The molecule has 0 amide bonds. The molecule has 31 heavy (non-hydrogen) atoms. The molecule has 3 heterocycles. The smallest absolute Gasteiger partial charge is 0.166 e. The van der Waals surface area contributed by atoms with Gasteiger partial charge in [0.15, 0.2) is 11.5 Å². The summed E-state index contributed by atoms with van der Waals surface area (Å²) in [6.07, 6.45) is 4.38. The first kappa shape index (κ1) is 20.9. The molecular weight excluding hydrogens is 388 g/mol. The molecule has 0 aliphatic heterocycles. The maximum atomic E-state index is 9.77. The molecule has 7 heteroatoms. The van der Waals surface area contributed by atoms with Gasteiger partial charge in [-0.05, 0) is 38.0 Å². The number of nitrogens with zero attached hydrogens (tertiary/aromatic N) is 5. The van der Waals surface area contributed by atoms with Crippen molar-refractivity contribution >= 4 is 17.0 Å². The molecule has 0 aliphatic carbocycles. The van der Waals surface area contributed by atoms with Crippen molar-refractivity contribution < 1.29 is 5.11 Å². The summed E-state index contributed by atoms with van der Waals surface area (Å²) < 4.78 is 2.04. The Hall–Kier alpha value is -3.32. The molecule has 1 atom stereocenters. The minimum atomic E-state index is -0.0990. The summed E-state index contributed by atoms with van der Waals surface area (Å²) in [5.41, 5.74) is 4.71. The molecule has 7 nitrogen and oxygen atoms in total. The topological polar surface area (TPSA) is 88.8 Å². The van der Waals surface area contributed by atoms with Gasteiger partial charge in [0, 0.05) is 30.3 Å². The Labute approximate surface area is 182 Å². The monoisotopic (exact) mass is 416 g/mol. The quantitative estimate of drug-likeness (QED) is 0.437. The molecule has 4 aromatic rings. The minimum absolute atomic E-state index is 0.0201. The van der Waals surface area contributed by atoms with Crippen molar-refractivity contribution in [2.75, 3.05) is 11.9 Å². The number of fused-ring (bicyclic) bond motifs is 1. The van der Waals surface area contributed by atoms with Gasteiger partial charge >= 0.3 is 0 Å². The summed E-state index contributed by atoms with van der Waals surface area (Å²) in [5, 5.41) is 13.2. The number of pyridine rings is 1. The lowest BCUT2D eigenvalue weighted by Gasteiger charge is -2.15. The molecule has 1 unspecified atom stereocenters. The number of nitrogens with one attached hydrogen (secondary N) is 1. The molecular formula is C24H28N6O. The summed E-state index contributed by atoms with van der Waals surface area (Å²) in [4.78, 5) is 18.4. The number of rotatable bonds is 8. The molecule has 0 radical (unpaired) electrons. The Morgan fingerprint density at radius 2 is 1.84 bits per heavy atom. The number of benzene rings is 1. The summed E-state index contributed by atoms with van der Waals surface area (Å²) >= 11 is 0. The van der Waals surface area contributed by atoms with Crippen molar-refractivity contribution in [3.05, 3.63) is 66.4 Å². The van der Waals surface area contributed by atoms with Crippen LogP contribution in [0.3, 0.4) is 0 Å². The average Bonchev–Trinajstić information content (AvgIpc) is 3.24. The first-order valence-corrected chi connectivity index (χ1v) is 10.7. The number of imidazole rings is 1. The summed E-state index contributed by atoms with van der Waals surface area (Å²) in [5.74, 6) is 1.24. The highest BCUT2D eigenvalue weighted by Gasteiger charge is 2.19. The number of aliphatic hydroxyl groups excluding tert-OH is 1. The first-order chi connectivity index (χ1) is 15.1. The Morgan fingerprint density at radius 1 is 1.03 bits per heavy atom. The van der Waals surface area contributed by atoms with Crippen LogP contribution in [0.15, 0.2) is 55.0 Å². The van der Waals surface area contributed by atoms with Crippen molar-refractivity contribution in [3.63, 3.8) is 0 Å². The lowest BCUT2D eigenvalue weighted by Crippen LogP contribution is -2.12. The van der Waals surface area contributed by atoms with Gasteiger partial charge < -0.3 is 15.0 Å². The Morgan fingerprint density at radius 3 is 2.48 bits per heavy atom. The maximum absolute atomic E-state index is 9.77. The van der Waals surface area contributed by atoms with Crippen molar-refractivity contribution in [1.82, 2.24) is 24.5 Å². The van der Waals surface area contributed by atoms with E-state index >= 15 is 0 Å². The zero-order chi connectivity index (χ0) is 21.8. The van der Waals surface area contributed by atoms with E-state index in [9.17, 15) is 5.11 Å². The SMILES string of the molecule is CCC(CO)c1nc(NCc2ccc(-c3ccccn3)cc2)c2ncn(C(C)C)c2n1. The van der Waals surface area contributed by atoms with E-state index in [-0.39, 0.29) is 18.6 Å². The molecule has 0 spiro atoms. The van der Waals surface area contributed by atoms with Crippen LogP contribution in [0.4, 0.5) is 5.82 Å². The second kappa shape index (κ2) is 9.22. The van der Waals surface area contributed by atoms with Crippen LogP contribution in [0.5, 0.6) is 0 Å². The van der Waals surface area contributed by atoms with Gasteiger partial charge in [0.25, 0.3) is 0 Å². The van der Waals surface area contributed by atoms with Crippen LogP contribution < -0.4 is 5.32 Å². The normalized spacial score (nSPS) is 12.4. The van der Waals surface area contributed by atoms with Crippen LogP contribution in [-0.4, -0.2) is 36.2 Å². The van der Waals surface area contributed by atoms with Crippen LogP contribution in [0.1, 0.15) is 50.5 Å². The van der Waals surface area contributed by atoms with E-state index in [0.29, 0.717) is 18.2 Å². The Balaban J connectivity index is 1.61. The van der Waals surface area contributed by atoms with Crippen molar-refractivity contribution in [3.8, 4) is 11.3 Å². The number of anilines is 1. The molecule has 0 aliphatic rings. The third-order valence-corrected chi connectivity index (χ3v) is 5.45. The van der Waals surface area contributed by atoms with Crippen molar-refractivity contribution in [2.24, 2.45) is 0 Å². The molecule has 160 valence electrons. The fourth-order valence-corrected chi connectivity index (χ4v) is 3.52. The van der Waals surface area contributed by atoms with Gasteiger partial charge in [0.1, 0.15) is 11.3 Å². The Kier molecular flexibility index (Phi) is 6.23. The minimum Gasteiger partial charge on any atom is -0.396 e. The van der Waals surface area contributed by atoms with Crippen LogP contribution >= 0.6 is 0 Å². The van der Waals surface area contributed by atoms with E-state index in [2.05, 4.69) is 53.4 Å². The van der Waals surface area contributed by atoms with Gasteiger partial charge in [0.05, 0.1) is 18.6 Å². The van der Waals surface area contributed by atoms with Gasteiger partial charge in [-0.3, -0.25) is 4.98 Å². The van der Waals surface area contributed by atoms with Crippen LogP contribution in [0.25, 0.3) is 22.4 Å². The fraction of sp³-hybridized carbons (Fsp3) is 0.333. The fourth-order valence-electron chi connectivity index (χ4n) is 3.52. The third-order valence-electron chi connectivity index (χ3n) is 5.45. The van der Waals surface area contributed by atoms with E-state index in [1.165, 1.54) is 0 Å². The predicted molar refractivity (Wildman–Crippen MR) is 123 cm³/mol. The van der Waals surface area contributed by atoms with Crippen molar-refractivity contribution in [1.29, 1.82) is 0 Å². The maximum Gasteiger partial charge on any atom is 0.166 e. The van der Waals surface area contributed by atoms with Crippen LogP contribution in [0, 0.1) is 0 Å². The first-order valence-electron chi connectivity index (χ1n) is 10.7. The second-order valence-corrected chi connectivity index (χ2v) is 7.90. The predicted octanol–water partition coefficient (Wildman–Crippen LogP) is 4.57. The average molecular weight is 417 g/mol. The van der Waals surface area contributed by atoms with Gasteiger partial charge in [-0.1, -0.05) is 37.3 Å². The highest BCUT2D eigenvalue weighted by Crippen LogP contribution is 2.26.